The molecular formula is C12H14ClNO6. The Hall–Kier alpha value is -2.15. The van der Waals surface area contributed by atoms with Crippen molar-refractivity contribution in [1.82, 2.24) is 0 Å². The number of hydrogen-bond donors (Lipinski definition) is 1. The summed E-state index contributed by atoms with van der Waals surface area (Å²) < 4.78 is 19.3. The van der Waals surface area contributed by atoms with E-state index in [1.165, 1.54) is 34.5 Å². The number of anilines is 1. The topological polar surface area (TPSA) is 83.1 Å². The Morgan fingerprint density at radius 3 is 2.20 bits per heavy atom. The molecule has 1 aromatic carbocycles. The lowest BCUT2D eigenvalue weighted by Crippen LogP contribution is -2.16. The van der Waals surface area contributed by atoms with Crippen molar-refractivity contribution in [3.63, 3.8) is 0 Å². The molecule has 0 saturated carbocycles. The fourth-order valence-corrected chi connectivity index (χ4v) is 1.78. The minimum atomic E-state index is -0.788. The predicted molar refractivity (Wildman–Crippen MR) is 71.9 cm³/mol. The number of amides is 1. The van der Waals surface area contributed by atoms with Crippen molar-refractivity contribution in [2.75, 3.05) is 33.8 Å². The van der Waals surface area contributed by atoms with Crippen LogP contribution in [0.25, 0.3) is 0 Å². The van der Waals surface area contributed by atoms with Gasteiger partial charge in [-0.2, -0.15) is 0 Å². The minimum absolute atomic E-state index is 0.0167. The van der Waals surface area contributed by atoms with Gasteiger partial charge >= 0.3 is 12.1 Å². The molecule has 0 aliphatic heterocycles. The summed E-state index contributed by atoms with van der Waals surface area (Å²) in [5.41, 5.74) is -0.0484. The number of ether oxygens (including phenoxy) is 4. The van der Waals surface area contributed by atoms with Crippen molar-refractivity contribution < 1.29 is 28.5 Å². The largest absolute Gasteiger partial charge is 0.493 e. The number of methoxy groups -OCH3 is 4. The second-order valence-electron chi connectivity index (χ2n) is 3.45. The van der Waals surface area contributed by atoms with Crippen LogP contribution in [-0.4, -0.2) is 40.5 Å². The van der Waals surface area contributed by atoms with E-state index in [2.05, 4.69) is 14.8 Å². The van der Waals surface area contributed by atoms with Crippen molar-refractivity contribution in [2.24, 2.45) is 0 Å². The second kappa shape index (κ2) is 6.85. The maximum Gasteiger partial charge on any atom is 0.411 e. The average molecular weight is 304 g/mol. The van der Waals surface area contributed by atoms with Crippen LogP contribution in [0.15, 0.2) is 6.07 Å². The maximum absolute atomic E-state index is 11.9. The van der Waals surface area contributed by atoms with E-state index in [0.29, 0.717) is 0 Å². The Bertz CT molecular complexity index is 531. The number of carbonyl (C=O) groups excluding carboxylic acids is 2. The van der Waals surface area contributed by atoms with E-state index >= 15 is 0 Å². The molecule has 7 nitrogen and oxygen atoms in total. The summed E-state index contributed by atoms with van der Waals surface area (Å²) in [5, 5.41) is 2.42. The number of hydrogen-bond acceptors (Lipinski definition) is 6. The van der Waals surface area contributed by atoms with Crippen LogP contribution in [0, 0.1) is 0 Å². The second-order valence-corrected chi connectivity index (χ2v) is 3.86. The smallest absolute Gasteiger partial charge is 0.411 e. The number of nitrogens with one attached hydrogen (secondary N) is 1. The molecule has 0 aromatic heterocycles. The summed E-state index contributed by atoms with van der Waals surface area (Å²) in [6, 6.07) is 1.40. The highest BCUT2D eigenvalue weighted by molar-refractivity contribution is 6.35. The molecule has 1 aromatic rings. The average Bonchev–Trinajstić information content (AvgIpc) is 2.47. The molecule has 20 heavy (non-hydrogen) atoms. The molecule has 0 aliphatic carbocycles. The zero-order valence-electron chi connectivity index (χ0n) is 11.4. The minimum Gasteiger partial charge on any atom is -0.493 e. The molecule has 0 radical (unpaired) electrons. The molecule has 0 unspecified atom stereocenters. The molecule has 110 valence electrons. The highest BCUT2D eigenvalue weighted by atomic mass is 35.5. The Kier molecular flexibility index (Phi) is 5.45. The van der Waals surface area contributed by atoms with Crippen molar-refractivity contribution in [3.05, 3.63) is 16.7 Å². The van der Waals surface area contributed by atoms with Gasteiger partial charge in [-0.1, -0.05) is 11.6 Å². The standard InChI is InChI=1S/C12H14ClNO6/c1-17-7-5-6(13)9(14-12(16)20-4)8(10(7)18-2)11(15)19-3/h5H,1-4H3,(H,14,16). The molecule has 1 N–H and O–H groups in total. The van der Waals surface area contributed by atoms with Gasteiger partial charge in [0, 0.05) is 6.07 Å². The first-order valence-electron chi connectivity index (χ1n) is 5.37. The van der Waals surface area contributed by atoms with Crippen LogP contribution in [0.1, 0.15) is 10.4 Å². The van der Waals surface area contributed by atoms with Crippen LogP contribution >= 0.6 is 11.6 Å². The third-order valence-corrected chi connectivity index (χ3v) is 2.72. The molecule has 1 rings (SSSR count). The van der Waals surface area contributed by atoms with Gasteiger partial charge in [0.05, 0.1) is 39.1 Å². The summed E-state index contributed by atoms with van der Waals surface area (Å²) in [4.78, 5) is 23.2. The van der Waals surface area contributed by atoms with Gasteiger partial charge in [-0.3, -0.25) is 5.32 Å². The molecule has 0 spiro atoms. The van der Waals surface area contributed by atoms with Crippen LogP contribution in [-0.2, 0) is 9.47 Å². The molecule has 8 heteroatoms. The Morgan fingerprint density at radius 1 is 1.10 bits per heavy atom. The summed E-state index contributed by atoms with van der Waals surface area (Å²) in [7, 11) is 5.11. The lowest BCUT2D eigenvalue weighted by molar-refractivity contribution is 0.0597. The monoisotopic (exact) mass is 303 g/mol. The Morgan fingerprint density at radius 2 is 1.75 bits per heavy atom. The summed E-state index contributed by atoms with van der Waals surface area (Å²) >= 11 is 6.03. The van der Waals surface area contributed by atoms with Crippen LogP contribution in [0.2, 0.25) is 5.02 Å². The van der Waals surface area contributed by atoms with E-state index in [0.717, 1.165) is 0 Å². The number of carbonyl (C=O) groups is 2. The summed E-state index contributed by atoms with van der Waals surface area (Å²) in [5.74, 6) is -0.419. The van der Waals surface area contributed by atoms with E-state index in [9.17, 15) is 9.59 Å². The zero-order chi connectivity index (χ0) is 15.3. The Balaban J connectivity index is 3.54. The maximum atomic E-state index is 11.9. The quantitative estimate of drug-likeness (QED) is 0.859. The number of benzene rings is 1. The fraction of sp³-hybridized carbons (Fsp3) is 0.333. The number of rotatable bonds is 4. The predicted octanol–water partition coefficient (Wildman–Crippen LogP) is 2.32. The van der Waals surface area contributed by atoms with Gasteiger partial charge in [0.2, 0.25) is 0 Å². The fourth-order valence-electron chi connectivity index (χ4n) is 1.54. The third-order valence-electron chi connectivity index (χ3n) is 2.42. The highest BCUT2D eigenvalue weighted by Gasteiger charge is 2.26. The van der Waals surface area contributed by atoms with E-state index in [1.54, 1.807) is 0 Å². The van der Waals surface area contributed by atoms with Gasteiger partial charge in [-0.15, -0.1) is 0 Å². The lowest BCUT2D eigenvalue weighted by atomic mass is 10.1. The molecule has 0 bridgehead atoms. The highest BCUT2D eigenvalue weighted by Crippen LogP contribution is 2.41. The van der Waals surface area contributed by atoms with Gasteiger partial charge in [-0.25, -0.2) is 9.59 Å². The van der Waals surface area contributed by atoms with E-state index < -0.39 is 12.1 Å². The van der Waals surface area contributed by atoms with E-state index in [1.807, 2.05) is 0 Å². The van der Waals surface area contributed by atoms with Crippen molar-refractivity contribution in [2.45, 2.75) is 0 Å². The van der Waals surface area contributed by atoms with Crippen molar-refractivity contribution >= 4 is 29.4 Å². The van der Waals surface area contributed by atoms with Crippen LogP contribution in [0.3, 0.4) is 0 Å². The van der Waals surface area contributed by atoms with Gasteiger partial charge in [0.15, 0.2) is 11.5 Å². The first-order chi connectivity index (χ1) is 9.49. The summed E-state index contributed by atoms with van der Waals surface area (Å²) in [6.45, 7) is 0. The molecule has 0 atom stereocenters. The molecule has 1 amide bonds. The molecule has 0 aliphatic rings. The first kappa shape index (κ1) is 15.9. The van der Waals surface area contributed by atoms with Crippen molar-refractivity contribution in [3.8, 4) is 11.5 Å². The van der Waals surface area contributed by atoms with Crippen molar-refractivity contribution in [1.29, 1.82) is 0 Å². The molecular weight excluding hydrogens is 290 g/mol. The normalized spacial score (nSPS) is 9.65. The lowest BCUT2D eigenvalue weighted by Gasteiger charge is -2.17. The van der Waals surface area contributed by atoms with Crippen LogP contribution < -0.4 is 14.8 Å². The number of esters is 1. The molecule has 0 saturated heterocycles. The SMILES string of the molecule is COC(=O)Nc1c(Cl)cc(OC)c(OC)c1C(=O)OC. The van der Waals surface area contributed by atoms with Crippen LogP contribution in [0.5, 0.6) is 11.5 Å². The molecule has 0 fully saturated rings. The van der Waals surface area contributed by atoms with E-state index in [4.69, 9.17) is 21.1 Å². The van der Waals surface area contributed by atoms with Crippen LogP contribution in [0.4, 0.5) is 10.5 Å². The summed E-state index contributed by atoms with van der Waals surface area (Å²) in [6.07, 6.45) is -0.788. The van der Waals surface area contributed by atoms with E-state index in [-0.39, 0.29) is 27.8 Å². The third kappa shape index (κ3) is 3.05. The van der Waals surface area contributed by atoms with Gasteiger partial charge in [0.1, 0.15) is 5.56 Å². The van der Waals surface area contributed by atoms with Gasteiger partial charge in [0.25, 0.3) is 0 Å². The number of halogens is 1. The molecule has 0 heterocycles. The zero-order valence-corrected chi connectivity index (χ0v) is 12.2. The van der Waals surface area contributed by atoms with Gasteiger partial charge < -0.3 is 18.9 Å². The van der Waals surface area contributed by atoms with Gasteiger partial charge in [-0.05, 0) is 0 Å². The Labute approximate surface area is 120 Å². The first-order valence-corrected chi connectivity index (χ1v) is 5.75.